The lowest BCUT2D eigenvalue weighted by molar-refractivity contribution is -0.164. The van der Waals surface area contributed by atoms with E-state index in [2.05, 4.69) is 103 Å². The smallest absolute Gasteiger partial charge is 0.254 e. The van der Waals surface area contributed by atoms with Crippen LogP contribution in [0.5, 0.6) is 11.6 Å². The van der Waals surface area contributed by atoms with Crippen LogP contribution in [-0.4, -0.2) is 153 Å². The van der Waals surface area contributed by atoms with Crippen molar-refractivity contribution in [3.05, 3.63) is 88.5 Å². The van der Waals surface area contributed by atoms with Gasteiger partial charge < -0.3 is 49.6 Å². The molecule has 1 aromatic carbocycles. The van der Waals surface area contributed by atoms with Crippen LogP contribution in [0.2, 0.25) is 5.02 Å². The van der Waals surface area contributed by atoms with Gasteiger partial charge in [-0.15, -0.1) is 0 Å². The molecule has 19 heteroatoms. The van der Waals surface area contributed by atoms with Crippen LogP contribution in [0.3, 0.4) is 0 Å². The summed E-state index contributed by atoms with van der Waals surface area (Å²) in [6.07, 6.45) is 15.8. The molecule has 402 valence electrons. The number of aliphatic hydroxyl groups is 1. The molecule has 9 rings (SSSR count). The number of hydrogen-bond acceptors (Lipinski definition) is 16. The highest BCUT2D eigenvalue weighted by Crippen LogP contribution is 2.55. The minimum Gasteiger partial charge on any atom is -0.489 e. The van der Waals surface area contributed by atoms with Crippen molar-refractivity contribution in [1.29, 1.82) is 5.26 Å². The summed E-state index contributed by atoms with van der Waals surface area (Å²) in [5.41, 5.74) is 3.11. The van der Waals surface area contributed by atoms with Gasteiger partial charge in [0.05, 0.1) is 35.1 Å². The summed E-state index contributed by atoms with van der Waals surface area (Å²) in [5, 5.41) is 30.8. The van der Waals surface area contributed by atoms with E-state index in [4.69, 9.17) is 30.8 Å². The molecule has 1 atom stereocenters. The molecule has 7 heterocycles. The molecule has 4 aliphatic rings. The maximum Gasteiger partial charge on any atom is 0.254 e. The van der Waals surface area contributed by atoms with E-state index in [1.54, 1.807) is 30.6 Å². The molecule has 4 fully saturated rings. The van der Waals surface area contributed by atoms with Crippen LogP contribution < -0.4 is 29.9 Å². The van der Waals surface area contributed by atoms with Gasteiger partial charge in [0.25, 0.3) is 5.91 Å². The number of fused-ring (bicyclic) bond motifs is 1. The van der Waals surface area contributed by atoms with E-state index in [0.717, 1.165) is 145 Å². The summed E-state index contributed by atoms with van der Waals surface area (Å²) in [4.78, 5) is 41.9. The number of nitrogens with zero attached hydrogens (tertiary/aromatic N) is 11. The van der Waals surface area contributed by atoms with E-state index in [1.165, 1.54) is 6.42 Å². The molecule has 75 heavy (non-hydrogen) atoms. The summed E-state index contributed by atoms with van der Waals surface area (Å²) < 4.78 is 20.7. The zero-order valence-electron chi connectivity index (χ0n) is 44.5. The number of nitrogens with one attached hydrogen (secondary N) is 2. The normalized spacial score (nSPS) is 21.1. The van der Waals surface area contributed by atoms with E-state index >= 15 is 0 Å². The first kappa shape index (κ1) is 54.0. The lowest BCUT2D eigenvalue weighted by Gasteiger charge is -2.63. The van der Waals surface area contributed by atoms with Crippen molar-refractivity contribution in [3.8, 4) is 17.7 Å². The predicted octanol–water partition coefficient (Wildman–Crippen LogP) is 7.43. The molecule has 0 bridgehead atoms. The lowest BCUT2D eigenvalue weighted by atomic mass is 9.49. The van der Waals surface area contributed by atoms with Gasteiger partial charge in [0.1, 0.15) is 29.6 Å². The number of carbonyl (C=O) groups excluding carboxylic acids is 1. The van der Waals surface area contributed by atoms with Gasteiger partial charge in [-0.05, 0) is 75.5 Å². The number of amides is 1. The van der Waals surface area contributed by atoms with Gasteiger partial charge >= 0.3 is 0 Å². The monoisotopic (exact) mass is 1050 g/mol. The number of hydrogen-bond donors (Lipinski definition) is 3. The molecule has 18 nitrogen and oxygen atoms in total. The van der Waals surface area contributed by atoms with Crippen molar-refractivity contribution in [3.63, 3.8) is 0 Å². The van der Waals surface area contributed by atoms with Crippen molar-refractivity contribution in [2.24, 2.45) is 10.8 Å². The first-order valence-electron chi connectivity index (χ1n) is 27.2. The Morgan fingerprint density at radius 3 is 2.28 bits per heavy atom. The van der Waals surface area contributed by atoms with Crippen LogP contribution in [0.25, 0.3) is 5.65 Å². The molecule has 1 unspecified atom stereocenters. The third-order valence-corrected chi connectivity index (χ3v) is 16.2. The number of rotatable bonds is 22. The Bertz CT molecular complexity index is 2700. The Morgan fingerprint density at radius 2 is 1.61 bits per heavy atom. The fourth-order valence-electron chi connectivity index (χ4n) is 11.9. The standard InChI is InChI=1S/C56H76ClN13O5/c1-6-40-38-63-70-47(32-48(64-50(40)70)69-21-8-7-11-43(69)18-28-71)59-34-39-12-15-49(60-35-39)74-30-10-20-67-26-24-66(25-27-67)19-9-29-73-44-16-22-68(23-17-44)54-61-36-42(37-62-54)51(72)65-52-55(2,3)53(56(52,4)5)75-45-14-13-41(33-58)46(57)31-45/h12-15,31-32,35-38,43-44,52-53,59,71H,6-11,16-30,34H2,1-5H3,(H,65,72). The Labute approximate surface area is 447 Å². The number of aryl methyl sites for hydroxylation is 1. The second kappa shape index (κ2) is 24.4. The van der Waals surface area contributed by atoms with Crippen LogP contribution in [0.4, 0.5) is 17.6 Å². The highest BCUT2D eigenvalue weighted by molar-refractivity contribution is 6.31. The SMILES string of the molecule is CCc1cnn2c(NCc3ccc(OCCCN4CCN(CCCOC5CCN(c6ncc(C(=O)NC7C(C)(C)C(Oc8ccc(C#N)c(Cl)c8)C7(C)C)cn6)CC5)CC4)nc3)cc(N3CCCCC3CCO)nc12. The zero-order chi connectivity index (χ0) is 52.5. The topological polar surface area (TPSA) is 195 Å². The summed E-state index contributed by atoms with van der Waals surface area (Å²) in [6.45, 7) is 21.5. The van der Waals surface area contributed by atoms with Gasteiger partial charge in [-0.1, -0.05) is 52.3 Å². The minimum absolute atomic E-state index is 0.161. The van der Waals surface area contributed by atoms with Crippen LogP contribution in [0.15, 0.2) is 61.2 Å². The number of halogens is 1. The number of pyridine rings is 1. The summed E-state index contributed by atoms with van der Waals surface area (Å²) in [6, 6.07) is 13.4. The zero-order valence-corrected chi connectivity index (χ0v) is 45.3. The fourth-order valence-corrected chi connectivity index (χ4v) is 12.1. The maximum absolute atomic E-state index is 13.5. The van der Waals surface area contributed by atoms with Crippen LogP contribution in [-0.2, 0) is 17.7 Å². The van der Waals surface area contributed by atoms with Crippen molar-refractivity contribution >= 4 is 40.7 Å². The molecule has 3 N–H and O–H groups in total. The second-order valence-corrected chi connectivity index (χ2v) is 22.2. The van der Waals surface area contributed by atoms with Crippen molar-refractivity contribution in [2.75, 3.05) is 93.8 Å². The molecule has 1 aliphatic carbocycles. The Kier molecular flexibility index (Phi) is 17.6. The van der Waals surface area contributed by atoms with E-state index in [9.17, 15) is 15.2 Å². The molecule has 3 saturated heterocycles. The molecule has 4 aromatic heterocycles. The van der Waals surface area contributed by atoms with E-state index in [-0.39, 0.29) is 47.6 Å². The maximum atomic E-state index is 13.5. The minimum atomic E-state index is -0.375. The van der Waals surface area contributed by atoms with E-state index in [1.807, 2.05) is 23.0 Å². The second-order valence-electron chi connectivity index (χ2n) is 21.8. The van der Waals surface area contributed by atoms with Gasteiger partial charge in [-0.3, -0.25) is 4.79 Å². The summed E-state index contributed by atoms with van der Waals surface area (Å²) in [5.74, 6) is 3.47. The third-order valence-electron chi connectivity index (χ3n) is 15.9. The number of piperazine rings is 1. The molecular weight excluding hydrogens is 970 g/mol. The Morgan fingerprint density at radius 1 is 0.880 bits per heavy atom. The molecule has 3 aliphatic heterocycles. The van der Waals surface area contributed by atoms with Crippen molar-refractivity contribution in [1.82, 2.24) is 44.7 Å². The van der Waals surface area contributed by atoms with Crippen molar-refractivity contribution in [2.45, 2.75) is 123 Å². The van der Waals surface area contributed by atoms with Crippen LogP contribution in [0, 0.1) is 22.2 Å². The Balaban J connectivity index is 0.623. The number of nitriles is 1. The average Bonchev–Trinajstić information content (AvgIpc) is 3.89. The van der Waals surface area contributed by atoms with E-state index < -0.39 is 0 Å². The predicted molar refractivity (Wildman–Crippen MR) is 291 cm³/mol. The van der Waals surface area contributed by atoms with Crippen LogP contribution >= 0.6 is 11.6 Å². The molecule has 0 spiro atoms. The van der Waals surface area contributed by atoms with Crippen molar-refractivity contribution < 1.29 is 24.1 Å². The number of piperidine rings is 2. The third kappa shape index (κ3) is 12.7. The summed E-state index contributed by atoms with van der Waals surface area (Å²) in [7, 11) is 0. The number of aromatic nitrogens is 6. The van der Waals surface area contributed by atoms with Gasteiger partial charge in [-0.25, -0.2) is 19.9 Å². The first-order valence-corrected chi connectivity index (χ1v) is 27.6. The number of benzene rings is 1. The molecular formula is C56H76ClN13O5. The first-order chi connectivity index (χ1) is 36.3. The highest BCUT2D eigenvalue weighted by atomic mass is 35.5. The molecule has 5 aromatic rings. The molecule has 1 amide bonds. The number of carbonyl (C=O) groups is 1. The highest BCUT2D eigenvalue weighted by Gasteiger charge is 2.64. The van der Waals surface area contributed by atoms with E-state index in [0.29, 0.717) is 46.9 Å². The number of anilines is 3. The van der Waals surface area contributed by atoms with Gasteiger partial charge in [0, 0.05) is 144 Å². The number of ether oxygens (including phenoxy) is 3. The van der Waals surface area contributed by atoms with Crippen LogP contribution in [0.1, 0.15) is 113 Å². The average molecular weight is 1050 g/mol. The largest absolute Gasteiger partial charge is 0.489 e. The fraction of sp³-hybridized carbons (Fsp3) is 0.589. The molecule has 1 saturated carbocycles. The van der Waals surface area contributed by atoms with Gasteiger partial charge in [-0.2, -0.15) is 14.9 Å². The molecule has 0 radical (unpaired) electrons. The lowest BCUT2D eigenvalue weighted by Crippen LogP contribution is -2.74. The summed E-state index contributed by atoms with van der Waals surface area (Å²) >= 11 is 6.26. The van der Waals surface area contributed by atoms with Gasteiger partial charge in [0.2, 0.25) is 11.8 Å². The quantitative estimate of drug-likeness (QED) is 0.0579. The van der Waals surface area contributed by atoms with Gasteiger partial charge in [0.15, 0.2) is 5.65 Å². The number of aliphatic hydroxyl groups excluding tert-OH is 1. The Hall–Kier alpha value is -5.84.